The number of carbonyl (C=O) groups is 1. The summed E-state index contributed by atoms with van der Waals surface area (Å²) in [6, 6.07) is 3.73. The summed E-state index contributed by atoms with van der Waals surface area (Å²) in [7, 11) is 0. The number of anilines is 2. The molecule has 1 atom stereocenters. The lowest BCUT2D eigenvalue weighted by molar-refractivity contribution is -0.122. The number of piperidine rings is 1. The van der Waals surface area contributed by atoms with Gasteiger partial charge in [0.2, 0.25) is 5.91 Å². The van der Waals surface area contributed by atoms with Crippen LogP contribution in [0, 0.1) is 11.3 Å². The Morgan fingerprint density at radius 1 is 1.65 bits per heavy atom. The Morgan fingerprint density at radius 3 is 3.12 bits per heavy atom. The van der Waals surface area contributed by atoms with Gasteiger partial charge in [-0.3, -0.25) is 4.79 Å². The Labute approximate surface area is 98.8 Å². The minimum absolute atomic E-state index is 0.0637. The number of aromatic nitrogens is 1. The van der Waals surface area contributed by atoms with E-state index >= 15 is 0 Å². The zero-order chi connectivity index (χ0) is 12.3. The molecule has 1 aromatic rings. The topological polar surface area (TPSA) is 104 Å². The Morgan fingerprint density at radius 2 is 2.47 bits per heavy atom. The molecule has 0 aromatic carbocycles. The van der Waals surface area contributed by atoms with Crippen LogP contribution in [0.15, 0.2) is 12.3 Å². The van der Waals surface area contributed by atoms with Crippen LogP contribution in [0.25, 0.3) is 0 Å². The molecule has 4 N–H and O–H groups in total. The lowest BCUT2D eigenvalue weighted by Crippen LogP contribution is -2.42. The number of nitrogens with two attached hydrogens (primary N) is 1. The van der Waals surface area contributed by atoms with Gasteiger partial charge < -0.3 is 16.4 Å². The van der Waals surface area contributed by atoms with Gasteiger partial charge in [0.15, 0.2) is 0 Å². The highest BCUT2D eigenvalue weighted by molar-refractivity contribution is 5.77. The van der Waals surface area contributed by atoms with Gasteiger partial charge in [-0.25, -0.2) is 4.98 Å². The van der Waals surface area contributed by atoms with Gasteiger partial charge in [0.1, 0.15) is 11.9 Å². The van der Waals surface area contributed by atoms with Crippen molar-refractivity contribution in [2.75, 3.05) is 17.6 Å². The van der Waals surface area contributed by atoms with Crippen LogP contribution < -0.4 is 16.4 Å². The third kappa shape index (κ3) is 2.64. The van der Waals surface area contributed by atoms with E-state index in [0.717, 1.165) is 6.42 Å². The molecule has 1 aliphatic heterocycles. The number of nitrogens with one attached hydrogen (secondary N) is 2. The molecule has 1 saturated heterocycles. The molecule has 0 aliphatic carbocycles. The summed E-state index contributed by atoms with van der Waals surface area (Å²) in [6.07, 6.45) is 2.74. The molecule has 1 aliphatic rings. The van der Waals surface area contributed by atoms with Crippen LogP contribution >= 0.6 is 0 Å². The number of amides is 1. The fraction of sp³-hybridized carbons (Fsp3) is 0.364. The normalized spacial score (nSPS) is 19.2. The minimum atomic E-state index is 0.0637. The summed E-state index contributed by atoms with van der Waals surface area (Å²) in [5.74, 6) is 0.580. The minimum Gasteiger partial charge on any atom is -0.397 e. The van der Waals surface area contributed by atoms with Gasteiger partial charge in [0, 0.05) is 19.0 Å². The van der Waals surface area contributed by atoms with Crippen molar-refractivity contribution < 1.29 is 4.79 Å². The first kappa shape index (κ1) is 11.2. The summed E-state index contributed by atoms with van der Waals surface area (Å²) in [5, 5.41) is 14.9. The third-order valence-corrected chi connectivity index (χ3v) is 2.64. The molecule has 6 nitrogen and oxygen atoms in total. The lowest BCUT2D eigenvalue weighted by Gasteiger charge is -2.24. The third-order valence-electron chi connectivity index (χ3n) is 2.64. The van der Waals surface area contributed by atoms with E-state index in [1.54, 1.807) is 6.07 Å². The SMILES string of the molecule is N#Cc1cc(N)cnc1NC1CCC(=O)NC1. The predicted molar refractivity (Wildman–Crippen MR) is 63.0 cm³/mol. The van der Waals surface area contributed by atoms with Gasteiger partial charge in [0.05, 0.1) is 17.4 Å². The van der Waals surface area contributed by atoms with Crippen molar-refractivity contribution in [1.82, 2.24) is 10.3 Å². The van der Waals surface area contributed by atoms with Crippen LogP contribution in [-0.4, -0.2) is 23.5 Å². The molecule has 88 valence electrons. The molecular weight excluding hydrogens is 218 g/mol. The molecule has 1 fully saturated rings. The average Bonchev–Trinajstić information content (AvgIpc) is 2.34. The maximum absolute atomic E-state index is 11.0. The van der Waals surface area contributed by atoms with E-state index in [0.29, 0.717) is 30.0 Å². The number of rotatable bonds is 2. The van der Waals surface area contributed by atoms with Crippen molar-refractivity contribution in [3.8, 4) is 6.07 Å². The molecule has 0 bridgehead atoms. The number of carbonyl (C=O) groups excluding carboxylic acids is 1. The molecule has 1 aromatic heterocycles. The van der Waals surface area contributed by atoms with Gasteiger partial charge in [0.25, 0.3) is 0 Å². The van der Waals surface area contributed by atoms with Crippen molar-refractivity contribution >= 4 is 17.4 Å². The fourth-order valence-electron chi connectivity index (χ4n) is 1.73. The van der Waals surface area contributed by atoms with Gasteiger partial charge in [-0.1, -0.05) is 0 Å². The molecule has 17 heavy (non-hydrogen) atoms. The van der Waals surface area contributed by atoms with Crippen molar-refractivity contribution in [2.24, 2.45) is 0 Å². The first-order valence-electron chi connectivity index (χ1n) is 5.38. The Hall–Kier alpha value is -2.29. The Bertz CT molecular complexity index is 469. The predicted octanol–water partition coefficient (Wildman–Crippen LogP) is 0.226. The summed E-state index contributed by atoms with van der Waals surface area (Å²) >= 11 is 0. The van der Waals surface area contributed by atoms with E-state index < -0.39 is 0 Å². The summed E-state index contributed by atoms with van der Waals surface area (Å²) in [5.41, 5.74) is 6.44. The Kier molecular flexibility index (Phi) is 3.10. The van der Waals surface area contributed by atoms with Gasteiger partial charge >= 0.3 is 0 Å². The van der Waals surface area contributed by atoms with Crippen LogP contribution in [0.1, 0.15) is 18.4 Å². The number of pyridine rings is 1. The highest BCUT2D eigenvalue weighted by Crippen LogP contribution is 2.17. The first-order valence-corrected chi connectivity index (χ1v) is 5.38. The van der Waals surface area contributed by atoms with Crippen LogP contribution in [0.2, 0.25) is 0 Å². The number of nitriles is 1. The quantitative estimate of drug-likeness (QED) is 0.675. The molecule has 6 heteroatoms. The summed E-state index contributed by atoms with van der Waals surface area (Å²) in [6.45, 7) is 0.551. The smallest absolute Gasteiger partial charge is 0.220 e. The summed E-state index contributed by atoms with van der Waals surface area (Å²) in [4.78, 5) is 15.1. The highest BCUT2D eigenvalue weighted by atomic mass is 16.1. The van der Waals surface area contributed by atoms with E-state index in [-0.39, 0.29) is 11.9 Å². The van der Waals surface area contributed by atoms with Crippen LogP contribution in [0.4, 0.5) is 11.5 Å². The zero-order valence-corrected chi connectivity index (χ0v) is 9.23. The van der Waals surface area contributed by atoms with E-state index in [9.17, 15) is 4.79 Å². The molecule has 2 heterocycles. The molecule has 1 unspecified atom stereocenters. The second kappa shape index (κ2) is 4.70. The van der Waals surface area contributed by atoms with Crippen molar-refractivity contribution in [3.05, 3.63) is 17.8 Å². The summed E-state index contributed by atoms with van der Waals surface area (Å²) < 4.78 is 0. The van der Waals surface area contributed by atoms with Crippen molar-refractivity contribution in [1.29, 1.82) is 5.26 Å². The maximum atomic E-state index is 11.0. The average molecular weight is 231 g/mol. The molecular formula is C11H13N5O. The van der Waals surface area contributed by atoms with Gasteiger partial charge in [-0.15, -0.1) is 0 Å². The van der Waals surface area contributed by atoms with E-state index in [1.807, 2.05) is 6.07 Å². The molecule has 1 amide bonds. The fourth-order valence-corrected chi connectivity index (χ4v) is 1.73. The molecule has 2 rings (SSSR count). The van der Waals surface area contributed by atoms with Gasteiger partial charge in [-0.05, 0) is 12.5 Å². The van der Waals surface area contributed by atoms with E-state index in [4.69, 9.17) is 11.0 Å². The van der Waals surface area contributed by atoms with Gasteiger partial charge in [-0.2, -0.15) is 5.26 Å². The molecule has 0 spiro atoms. The van der Waals surface area contributed by atoms with Crippen LogP contribution in [0.3, 0.4) is 0 Å². The largest absolute Gasteiger partial charge is 0.397 e. The van der Waals surface area contributed by atoms with Crippen LogP contribution in [0.5, 0.6) is 0 Å². The van der Waals surface area contributed by atoms with Crippen molar-refractivity contribution in [3.63, 3.8) is 0 Å². The van der Waals surface area contributed by atoms with E-state index in [2.05, 4.69) is 15.6 Å². The van der Waals surface area contributed by atoms with Crippen LogP contribution in [-0.2, 0) is 4.79 Å². The lowest BCUT2D eigenvalue weighted by atomic mass is 10.1. The maximum Gasteiger partial charge on any atom is 0.220 e. The first-order chi connectivity index (χ1) is 8.19. The molecule has 0 radical (unpaired) electrons. The van der Waals surface area contributed by atoms with Crippen molar-refractivity contribution in [2.45, 2.75) is 18.9 Å². The highest BCUT2D eigenvalue weighted by Gasteiger charge is 2.19. The number of nitrogen functional groups attached to an aromatic ring is 1. The number of hydrogen-bond donors (Lipinski definition) is 3. The number of hydrogen-bond acceptors (Lipinski definition) is 5. The number of nitrogens with zero attached hydrogens (tertiary/aromatic N) is 2. The second-order valence-electron chi connectivity index (χ2n) is 3.96. The second-order valence-corrected chi connectivity index (χ2v) is 3.96. The molecule has 0 saturated carbocycles. The monoisotopic (exact) mass is 231 g/mol. The zero-order valence-electron chi connectivity index (χ0n) is 9.23. The van der Waals surface area contributed by atoms with E-state index in [1.165, 1.54) is 6.20 Å². The standard InChI is InChI=1S/C11H13N5O/c12-4-7-3-8(13)5-15-11(7)16-9-1-2-10(17)14-6-9/h3,5,9H,1-2,6,13H2,(H,14,17)(H,15,16). The Balaban J connectivity index is 2.08.